The molecule has 0 atom stereocenters. The van der Waals surface area contributed by atoms with Crippen LogP contribution in [0.2, 0.25) is 0 Å². The number of hydrogen-bond acceptors (Lipinski definition) is 9. The summed E-state index contributed by atoms with van der Waals surface area (Å²) in [6.07, 6.45) is 0.837. The predicted octanol–water partition coefficient (Wildman–Crippen LogP) is 1.60. The molecule has 4 aromatic rings. The van der Waals surface area contributed by atoms with Crippen LogP contribution in [0.3, 0.4) is 0 Å². The first kappa shape index (κ1) is 30.8. The second-order valence-corrected chi connectivity index (χ2v) is 9.88. The number of rotatable bonds is 7. The number of carboxylic acids is 2. The quantitative estimate of drug-likeness (QED) is 0.237. The molecule has 3 heterocycles. The van der Waals surface area contributed by atoms with Gasteiger partial charge in [-0.3, -0.25) is 23.6 Å². The van der Waals surface area contributed by atoms with Crippen molar-refractivity contribution in [2.45, 2.75) is 6.42 Å². The molecular weight excluding hydrogens is 560 g/mol. The van der Waals surface area contributed by atoms with E-state index in [0.29, 0.717) is 34.9 Å². The maximum absolute atomic E-state index is 12.7. The standard InChI is InChI=1S/C28H30N4O5.C2H2O4/c1-29-26(19-27(34)30(2)28(29)35)32-14-12-31(13-15-32)11-6-16-36-21-9-10-24-22(17-21)23(33)18-25(37-24)20-7-4-3-5-8-20;3-1(4)2(5)6/h3-5,7-10,17-19H,6,11-16H2,1-2H3;(H,3,4)(H,5,6). The van der Waals surface area contributed by atoms with E-state index >= 15 is 0 Å². The van der Waals surface area contributed by atoms with E-state index in [4.69, 9.17) is 29.0 Å². The summed E-state index contributed by atoms with van der Waals surface area (Å²) in [7, 11) is 3.18. The summed E-state index contributed by atoms with van der Waals surface area (Å²) in [5, 5.41) is 15.3. The van der Waals surface area contributed by atoms with E-state index in [2.05, 4.69) is 9.80 Å². The number of ether oxygens (including phenoxy) is 1. The fourth-order valence-electron chi connectivity index (χ4n) is 4.67. The number of anilines is 1. The summed E-state index contributed by atoms with van der Waals surface area (Å²) in [5.41, 5.74) is 0.688. The average molecular weight is 593 g/mol. The second-order valence-electron chi connectivity index (χ2n) is 9.88. The number of hydrogen-bond donors (Lipinski definition) is 2. The Labute approximate surface area is 245 Å². The molecule has 0 bridgehead atoms. The molecule has 13 nitrogen and oxygen atoms in total. The molecule has 2 aromatic heterocycles. The molecule has 1 fully saturated rings. The van der Waals surface area contributed by atoms with Gasteiger partial charge < -0.3 is 24.3 Å². The summed E-state index contributed by atoms with van der Waals surface area (Å²) in [6, 6.07) is 18.0. The van der Waals surface area contributed by atoms with Crippen molar-refractivity contribution in [3.8, 4) is 17.1 Å². The first-order valence-corrected chi connectivity index (χ1v) is 13.5. The second kappa shape index (κ2) is 13.7. The van der Waals surface area contributed by atoms with E-state index in [9.17, 15) is 14.4 Å². The van der Waals surface area contributed by atoms with Gasteiger partial charge in [-0.2, -0.15) is 0 Å². The Morgan fingerprint density at radius 2 is 1.53 bits per heavy atom. The van der Waals surface area contributed by atoms with Crippen molar-refractivity contribution < 1.29 is 29.0 Å². The van der Waals surface area contributed by atoms with Crippen molar-refractivity contribution in [2.75, 3.05) is 44.2 Å². The van der Waals surface area contributed by atoms with Crippen LogP contribution in [-0.4, -0.2) is 75.5 Å². The third kappa shape index (κ3) is 7.57. The zero-order chi connectivity index (χ0) is 31.1. The summed E-state index contributed by atoms with van der Waals surface area (Å²) in [6.45, 7) is 4.57. The summed E-state index contributed by atoms with van der Waals surface area (Å²) >= 11 is 0. The number of fused-ring (bicyclic) bond motifs is 1. The lowest BCUT2D eigenvalue weighted by Gasteiger charge is -2.36. The molecule has 43 heavy (non-hydrogen) atoms. The van der Waals surface area contributed by atoms with Gasteiger partial charge in [-0.05, 0) is 24.6 Å². The van der Waals surface area contributed by atoms with Crippen molar-refractivity contribution >= 4 is 28.7 Å². The van der Waals surface area contributed by atoms with Gasteiger partial charge in [-0.25, -0.2) is 14.4 Å². The van der Waals surface area contributed by atoms with E-state index in [-0.39, 0.29) is 16.7 Å². The van der Waals surface area contributed by atoms with Crippen LogP contribution in [0.25, 0.3) is 22.3 Å². The zero-order valence-electron chi connectivity index (χ0n) is 23.8. The highest BCUT2D eigenvalue weighted by Gasteiger charge is 2.20. The molecule has 1 aliphatic rings. The smallest absolute Gasteiger partial charge is 0.414 e. The van der Waals surface area contributed by atoms with Gasteiger partial charge in [0.1, 0.15) is 22.9 Å². The Morgan fingerprint density at radius 3 is 2.19 bits per heavy atom. The summed E-state index contributed by atoms with van der Waals surface area (Å²) in [4.78, 5) is 59.6. The van der Waals surface area contributed by atoms with E-state index in [1.54, 1.807) is 19.2 Å². The first-order valence-electron chi connectivity index (χ1n) is 13.5. The number of piperazine rings is 1. The maximum atomic E-state index is 12.7. The Bertz CT molecular complexity index is 1770. The number of aliphatic carboxylic acids is 2. The largest absolute Gasteiger partial charge is 0.494 e. The van der Waals surface area contributed by atoms with Gasteiger partial charge >= 0.3 is 17.6 Å². The predicted molar refractivity (Wildman–Crippen MR) is 159 cm³/mol. The van der Waals surface area contributed by atoms with Crippen LogP contribution in [-0.2, 0) is 23.7 Å². The molecule has 1 aliphatic heterocycles. The Hall–Kier alpha value is -5.17. The van der Waals surface area contributed by atoms with Gasteiger partial charge in [0.15, 0.2) is 5.43 Å². The minimum atomic E-state index is -1.82. The lowest BCUT2D eigenvalue weighted by Crippen LogP contribution is -2.49. The van der Waals surface area contributed by atoms with E-state index in [0.717, 1.165) is 49.3 Å². The number of carboxylic acid groups (broad SMARTS) is 2. The Morgan fingerprint density at radius 1 is 0.860 bits per heavy atom. The molecular formula is C30H32N4O9. The number of carbonyl (C=O) groups is 2. The molecule has 0 amide bonds. The van der Waals surface area contributed by atoms with Crippen molar-refractivity contribution in [2.24, 2.45) is 14.1 Å². The lowest BCUT2D eigenvalue weighted by atomic mass is 10.1. The van der Waals surface area contributed by atoms with Gasteiger partial charge in [-0.15, -0.1) is 0 Å². The van der Waals surface area contributed by atoms with Crippen LogP contribution in [0.4, 0.5) is 5.82 Å². The summed E-state index contributed by atoms with van der Waals surface area (Å²) < 4.78 is 14.5. The third-order valence-electron chi connectivity index (χ3n) is 7.02. The van der Waals surface area contributed by atoms with Crippen LogP contribution < -0.4 is 26.3 Å². The molecule has 0 unspecified atom stereocenters. The third-order valence-corrected chi connectivity index (χ3v) is 7.02. The first-order chi connectivity index (χ1) is 20.5. The maximum Gasteiger partial charge on any atom is 0.414 e. The minimum absolute atomic E-state index is 0.0998. The molecule has 2 N–H and O–H groups in total. The monoisotopic (exact) mass is 592 g/mol. The van der Waals surface area contributed by atoms with Gasteiger partial charge in [0, 0.05) is 64.5 Å². The number of nitrogens with zero attached hydrogens (tertiary/aromatic N) is 4. The Kier molecular flexibility index (Phi) is 9.78. The minimum Gasteiger partial charge on any atom is -0.494 e. The van der Waals surface area contributed by atoms with Crippen LogP contribution in [0.1, 0.15) is 6.42 Å². The number of aromatic nitrogens is 2. The van der Waals surface area contributed by atoms with Gasteiger partial charge in [0.25, 0.3) is 5.56 Å². The zero-order valence-corrected chi connectivity index (χ0v) is 23.8. The normalized spacial score (nSPS) is 13.3. The molecule has 5 rings (SSSR count). The molecule has 0 radical (unpaired) electrons. The molecule has 0 aliphatic carbocycles. The lowest BCUT2D eigenvalue weighted by molar-refractivity contribution is -0.159. The molecule has 13 heteroatoms. The van der Waals surface area contributed by atoms with Crippen molar-refractivity contribution in [3.05, 3.63) is 91.7 Å². The highest BCUT2D eigenvalue weighted by atomic mass is 16.5. The summed E-state index contributed by atoms with van der Waals surface area (Å²) in [5.74, 6) is -1.80. The van der Waals surface area contributed by atoms with Crippen LogP contribution in [0.5, 0.6) is 5.75 Å². The highest BCUT2D eigenvalue weighted by Crippen LogP contribution is 2.24. The van der Waals surface area contributed by atoms with E-state index in [1.807, 2.05) is 36.4 Å². The molecule has 0 spiro atoms. The molecule has 226 valence electrons. The Balaban J connectivity index is 0.000000641. The van der Waals surface area contributed by atoms with Crippen molar-refractivity contribution in [3.63, 3.8) is 0 Å². The SMILES string of the molecule is Cn1c(N2CCN(CCCOc3ccc4oc(-c5ccccc5)cc(=O)c4c3)CC2)cc(=O)n(C)c1=O.O=C(O)C(=O)O. The van der Waals surface area contributed by atoms with E-state index in [1.165, 1.54) is 23.7 Å². The number of benzene rings is 2. The fraction of sp³-hybridized carbons (Fsp3) is 0.300. The van der Waals surface area contributed by atoms with Crippen LogP contribution in [0.15, 0.2) is 79.5 Å². The fourth-order valence-corrected chi connectivity index (χ4v) is 4.67. The van der Waals surface area contributed by atoms with Gasteiger partial charge in [-0.1, -0.05) is 30.3 Å². The van der Waals surface area contributed by atoms with Crippen molar-refractivity contribution in [1.29, 1.82) is 0 Å². The van der Waals surface area contributed by atoms with Gasteiger partial charge in [0.05, 0.1) is 12.0 Å². The van der Waals surface area contributed by atoms with Gasteiger partial charge in [0.2, 0.25) is 0 Å². The molecule has 1 saturated heterocycles. The highest BCUT2D eigenvalue weighted by molar-refractivity contribution is 6.27. The van der Waals surface area contributed by atoms with Crippen molar-refractivity contribution in [1.82, 2.24) is 14.0 Å². The molecule has 2 aromatic carbocycles. The molecule has 0 saturated carbocycles. The van der Waals surface area contributed by atoms with Crippen LogP contribution in [0, 0.1) is 0 Å². The van der Waals surface area contributed by atoms with Crippen LogP contribution >= 0.6 is 0 Å². The average Bonchev–Trinajstić information content (AvgIpc) is 3.01. The topological polar surface area (TPSA) is 165 Å². The van der Waals surface area contributed by atoms with E-state index < -0.39 is 11.9 Å².